The van der Waals surface area contributed by atoms with E-state index >= 15 is 0 Å². The molecule has 8 rings (SSSR count). The van der Waals surface area contributed by atoms with Crippen LogP contribution in [-0.4, -0.2) is 96.1 Å². The van der Waals surface area contributed by atoms with Crippen molar-refractivity contribution < 1.29 is 38.2 Å². The number of aromatic carboxylic acids is 2. The Morgan fingerprint density at radius 1 is 0.552 bits per heavy atom. The van der Waals surface area contributed by atoms with Crippen LogP contribution in [0.5, 0.6) is 0 Å². The first-order valence-electron chi connectivity index (χ1n) is 18.2. The number of rotatable bonds is 6. The molecule has 2 aliphatic heterocycles. The minimum atomic E-state index is -1.09. The van der Waals surface area contributed by atoms with E-state index in [-0.39, 0.29) is 23.3 Å². The van der Waals surface area contributed by atoms with E-state index in [2.05, 4.69) is 9.80 Å². The summed E-state index contributed by atoms with van der Waals surface area (Å²) < 4.78 is 10.8. The fourth-order valence-electron chi connectivity index (χ4n) is 7.37. The maximum atomic E-state index is 12.9. The van der Waals surface area contributed by atoms with Crippen LogP contribution in [0.3, 0.4) is 0 Å². The van der Waals surface area contributed by atoms with Crippen LogP contribution in [0.4, 0.5) is 11.4 Å². The van der Waals surface area contributed by atoms with E-state index < -0.39 is 11.9 Å². The fourth-order valence-corrected chi connectivity index (χ4v) is 8.30. The Hall–Kier alpha value is -5.40. The molecule has 0 aliphatic carbocycles. The molecule has 2 saturated heterocycles. The predicted molar refractivity (Wildman–Crippen MR) is 225 cm³/mol. The normalized spacial score (nSPS) is 14.4. The van der Waals surface area contributed by atoms with Crippen LogP contribution < -0.4 is 9.80 Å². The molecular formula is C42H36Cl4N4O8. The molecule has 4 heterocycles. The number of anilines is 2. The van der Waals surface area contributed by atoms with Crippen molar-refractivity contribution in [2.45, 2.75) is 13.8 Å². The molecule has 2 amide bonds. The number of halogens is 4. The third-order valence-electron chi connectivity index (χ3n) is 10.5. The van der Waals surface area contributed by atoms with Crippen LogP contribution in [0.15, 0.2) is 81.6 Å². The lowest BCUT2D eigenvalue weighted by Gasteiger charge is -2.37. The number of aryl methyl sites for hydroxylation is 2. The number of fused-ring (bicyclic) bond motifs is 2. The number of carboxylic acid groups (broad SMARTS) is 2. The van der Waals surface area contributed by atoms with Gasteiger partial charge in [0.15, 0.2) is 0 Å². The Labute approximate surface area is 352 Å². The molecule has 0 bridgehead atoms. The highest BCUT2D eigenvalue weighted by Crippen LogP contribution is 2.34. The van der Waals surface area contributed by atoms with Gasteiger partial charge < -0.3 is 38.6 Å². The van der Waals surface area contributed by atoms with Crippen molar-refractivity contribution in [2.75, 3.05) is 62.2 Å². The highest BCUT2D eigenvalue weighted by atomic mass is 35.5. The van der Waals surface area contributed by atoms with Crippen molar-refractivity contribution in [1.29, 1.82) is 0 Å². The topological polar surface area (TPSA) is 148 Å². The number of amides is 2. The number of furan rings is 2. The first-order valence-corrected chi connectivity index (χ1v) is 19.7. The highest BCUT2D eigenvalue weighted by molar-refractivity contribution is 6.39. The molecule has 2 aromatic heterocycles. The van der Waals surface area contributed by atoms with Crippen LogP contribution in [0.2, 0.25) is 20.1 Å². The number of hydrogen-bond donors (Lipinski definition) is 2. The molecule has 0 spiro atoms. The van der Waals surface area contributed by atoms with Crippen LogP contribution in [-0.2, 0) is 0 Å². The maximum absolute atomic E-state index is 12.9. The number of benzene rings is 4. The standard InChI is InChI=1S/2C21H18Cl2N2O4/c1-12-14-11-19(21(27)28)29-18(14)5-4-17(12)24-6-8-25(9-7-24)20(26)15-10-13(22)2-3-16(15)23;1-12-13-11-18(21(27)28)29-17(13)6-5-16(12)24-7-9-25(10-8-24)20(26)19-14(22)3-2-4-15(19)23/h2-5,10-11H,6-9H2,1H3,(H,27,28);2-6,11H,7-10H2,1H3,(H,27,28). The average Bonchev–Trinajstić information content (AvgIpc) is 3.86. The van der Waals surface area contributed by atoms with E-state index in [0.717, 1.165) is 33.3 Å². The van der Waals surface area contributed by atoms with E-state index in [4.69, 9.17) is 65.5 Å². The molecule has 6 aromatic rings. The maximum Gasteiger partial charge on any atom is 0.371 e. The summed E-state index contributed by atoms with van der Waals surface area (Å²) in [4.78, 5) is 55.9. The van der Waals surface area contributed by atoms with Gasteiger partial charge in [0.2, 0.25) is 11.5 Å². The van der Waals surface area contributed by atoms with Crippen molar-refractivity contribution in [3.63, 3.8) is 0 Å². The molecule has 0 saturated carbocycles. The van der Waals surface area contributed by atoms with E-state index in [1.807, 2.05) is 26.0 Å². The number of piperazine rings is 2. The van der Waals surface area contributed by atoms with E-state index in [1.165, 1.54) is 0 Å². The van der Waals surface area contributed by atoms with Crippen LogP contribution in [0, 0.1) is 13.8 Å². The second-order valence-electron chi connectivity index (χ2n) is 13.9. The summed E-state index contributed by atoms with van der Waals surface area (Å²) in [6, 6.07) is 20.4. The molecule has 12 nitrogen and oxygen atoms in total. The van der Waals surface area contributed by atoms with Gasteiger partial charge in [0.25, 0.3) is 11.8 Å². The SMILES string of the molecule is Cc1c(N2CCN(C(=O)c3c(Cl)cccc3Cl)CC2)ccc2oc(C(=O)O)cc12.Cc1c(N2CCN(C(=O)c3cc(Cl)ccc3Cl)CC2)ccc2oc(C(=O)O)cc12. The summed E-state index contributed by atoms with van der Waals surface area (Å²) in [5.41, 5.74) is 5.75. The van der Waals surface area contributed by atoms with Gasteiger partial charge in [-0.25, -0.2) is 9.59 Å². The molecule has 4 aromatic carbocycles. The van der Waals surface area contributed by atoms with E-state index in [1.54, 1.807) is 70.5 Å². The molecule has 2 N–H and O–H groups in total. The van der Waals surface area contributed by atoms with Gasteiger partial charge in [0, 0.05) is 79.5 Å². The van der Waals surface area contributed by atoms with E-state index in [0.29, 0.717) is 94.7 Å². The Balaban J connectivity index is 0.000000177. The van der Waals surface area contributed by atoms with Gasteiger partial charge in [-0.3, -0.25) is 9.59 Å². The first-order chi connectivity index (χ1) is 27.7. The summed E-state index contributed by atoms with van der Waals surface area (Å²) in [5, 5.41) is 21.4. The van der Waals surface area contributed by atoms with Gasteiger partial charge >= 0.3 is 11.9 Å². The summed E-state index contributed by atoms with van der Waals surface area (Å²) in [6.07, 6.45) is 0. The second kappa shape index (κ2) is 16.8. The molecule has 2 aliphatic rings. The number of carbonyl (C=O) groups excluding carboxylic acids is 2. The van der Waals surface area contributed by atoms with Gasteiger partial charge in [-0.2, -0.15) is 0 Å². The third-order valence-corrected chi connectivity index (χ3v) is 11.6. The quantitative estimate of drug-likeness (QED) is 0.166. The van der Waals surface area contributed by atoms with Crippen molar-refractivity contribution in [1.82, 2.24) is 9.80 Å². The number of nitrogens with zero attached hydrogens (tertiary/aromatic N) is 4. The lowest BCUT2D eigenvalue weighted by atomic mass is 10.1. The molecule has 16 heteroatoms. The Morgan fingerprint density at radius 3 is 1.45 bits per heavy atom. The number of hydrogen-bond acceptors (Lipinski definition) is 8. The zero-order chi connectivity index (χ0) is 41.4. The van der Waals surface area contributed by atoms with E-state index in [9.17, 15) is 19.2 Å². The Kier molecular flexibility index (Phi) is 11.8. The minimum Gasteiger partial charge on any atom is -0.475 e. The molecule has 300 valence electrons. The molecule has 0 unspecified atom stereocenters. The molecule has 0 radical (unpaired) electrons. The fraction of sp³-hybridized carbons (Fsp3) is 0.238. The summed E-state index contributed by atoms with van der Waals surface area (Å²) in [7, 11) is 0. The Bertz CT molecular complexity index is 2570. The average molecular weight is 867 g/mol. The smallest absolute Gasteiger partial charge is 0.371 e. The molecule has 0 atom stereocenters. The number of carboxylic acids is 2. The second-order valence-corrected chi connectivity index (χ2v) is 15.5. The molecule has 58 heavy (non-hydrogen) atoms. The van der Waals surface area contributed by atoms with Gasteiger partial charge in [0.1, 0.15) is 11.2 Å². The summed E-state index contributed by atoms with van der Waals surface area (Å²) in [6.45, 7) is 8.64. The van der Waals surface area contributed by atoms with Gasteiger partial charge in [-0.1, -0.05) is 52.5 Å². The van der Waals surface area contributed by atoms with Crippen LogP contribution in [0.25, 0.3) is 21.9 Å². The van der Waals surface area contributed by atoms with Gasteiger partial charge in [-0.15, -0.1) is 0 Å². The third kappa shape index (κ3) is 8.15. The van der Waals surface area contributed by atoms with Crippen molar-refractivity contribution in [2.24, 2.45) is 0 Å². The lowest BCUT2D eigenvalue weighted by molar-refractivity contribution is 0.0655. The zero-order valence-electron chi connectivity index (χ0n) is 31.2. The molecule has 2 fully saturated rings. The molecular weight excluding hydrogens is 830 g/mol. The lowest BCUT2D eigenvalue weighted by Crippen LogP contribution is -2.49. The zero-order valence-corrected chi connectivity index (χ0v) is 34.3. The van der Waals surface area contributed by atoms with Crippen LogP contribution >= 0.6 is 46.4 Å². The Morgan fingerprint density at radius 2 is 1.00 bits per heavy atom. The summed E-state index contributed by atoms with van der Waals surface area (Å²) in [5.74, 6) is -2.64. The first kappa shape index (κ1) is 40.8. The minimum absolute atomic E-state index is 0.0749. The predicted octanol–water partition coefficient (Wildman–Crippen LogP) is 9.42. The van der Waals surface area contributed by atoms with Crippen molar-refractivity contribution in [3.8, 4) is 0 Å². The number of carbonyl (C=O) groups is 4. The highest BCUT2D eigenvalue weighted by Gasteiger charge is 2.28. The van der Waals surface area contributed by atoms with Crippen molar-refractivity contribution in [3.05, 3.63) is 127 Å². The summed E-state index contributed by atoms with van der Waals surface area (Å²) >= 11 is 24.5. The van der Waals surface area contributed by atoms with Gasteiger partial charge in [-0.05, 0) is 91.7 Å². The van der Waals surface area contributed by atoms with Crippen LogP contribution in [0.1, 0.15) is 53.0 Å². The van der Waals surface area contributed by atoms with Gasteiger partial charge in [0.05, 0.1) is 26.2 Å². The van der Waals surface area contributed by atoms with Crippen molar-refractivity contribution >= 4 is 103 Å². The monoisotopic (exact) mass is 864 g/mol. The largest absolute Gasteiger partial charge is 0.475 e.